The van der Waals surface area contributed by atoms with Crippen molar-refractivity contribution in [3.05, 3.63) is 48.5 Å². The number of rotatable bonds is 4. The average molecular weight is 361 g/mol. The normalized spacial score (nSPS) is 10.8. The summed E-state index contributed by atoms with van der Waals surface area (Å²) in [5.41, 5.74) is 1.36. The summed E-state index contributed by atoms with van der Waals surface area (Å²) < 4.78 is 0. The topological polar surface area (TPSA) is 58.2 Å². The van der Waals surface area contributed by atoms with Crippen LogP contribution in [0.3, 0.4) is 0 Å². The van der Waals surface area contributed by atoms with Crippen LogP contribution in [0, 0.1) is 0 Å². The predicted molar refractivity (Wildman–Crippen MR) is 100 cm³/mol. The maximum Gasteiger partial charge on any atom is 0.239 e. The fourth-order valence-corrected chi connectivity index (χ4v) is 2.77. The second-order valence-corrected chi connectivity index (χ2v) is 5.80. The summed E-state index contributed by atoms with van der Waals surface area (Å²) >= 11 is 11.1. The number of hydrogen-bond acceptors (Lipinski definition) is 2. The third-order valence-electron chi connectivity index (χ3n) is 3.67. The van der Waals surface area contributed by atoms with Crippen molar-refractivity contribution in [2.75, 3.05) is 22.4 Å². The number of benzene rings is 3. The van der Waals surface area contributed by atoms with Crippen molar-refractivity contribution in [3.8, 4) is 0 Å². The van der Waals surface area contributed by atoms with Crippen LogP contribution in [0.15, 0.2) is 48.5 Å². The first-order valence-corrected chi connectivity index (χ1v) is 8.36. The van der Waals surface area contributed by atoms with Crippen molar-refractivity contribution < 1.29 is 9.59 Å². The molecule has 0 heterocycles. The average Bonchev–Trinajstić information content (AvgIpc) is 2.60. The maximum absolute atomic E-state index is 11.6. The molecule has 0 bridgehead atoms. The molecule has 3 aromatic carbocycles. The van der Waals surface area contributed by atoms with E-state index >= 15 is 0 Å². The molecule has 0 spiro atoms. The minimum atomic E-state index is -0.270. The maximum atomic E-state index is 11.6. The Bertz CT molecular complexity index is 868. The highest BCUT2D eigenvalue weighted by molar-refractivity contribution is 6.30. The molecule has 3 rings (SSSR count). The van der Waals surface area contributed by atoms with Crippen LogP contribution in [0.2, 0.25) is 0 Å². The van der Waals surface area contributed by atoms with Crippen LogP contribution in [0.1, 0.15) is 0 Å². The molecule has 0 aromatic heterocycles. The van der Waals surface area contributed by atoms with Gasteiger partial charge in [-0.25, -0.2) is 0 Å². The minimum absolute atomic E-state index is 0.110. The van der Waals surface area contributed by atoms with Crippen LogP contribution in [-0.2, 0) is 9.59 Å². The van der Waals surface area contributed by atoms with E-state index < -0.39 is 0 Å². The van der Waals surface area contributed by atoms with Crippen LogP contribution < -0.4 is 10.6 Å². The van der Waals surface area contributed by atoms with Crippen molar-refractivity contribution in [1.29, 1.82) is 0 Å². The summed E-state index contributed by atoms with van der Waals surface area (Å²) in [6, 6.07) is 15.3. The second-order valence-electron chi connectivity index (χ2n) is 5.27. The van der Waals surface area contributed by atoms with Gasteiger partial charge < -0.3 is 10.6 Å². The lowest BCUT2D eigenvalue weighted by Crippen LogP contribution is -2.13. The molecular formula is C18H14Cl2N2O2. The van der Waals surface area contributed by atoms with E-state index in [1.54, 1.807) is 0 Å². The molecule has 0 atom stereocenters. The second kappa shape index (κ2) is 7.07. The zero-order valence-corrected chi connectivity index (χ0v) is 14.1. The lowest BCUT2D eigenvalue weighted by atomic mass is 10.0. The van der Waals surface area contributed by atoms with Crippen LogP contribution in [0.5, 0.6) is 0 Å². The Labute approximate surface area is 148 Å². The van der Waals surface area contributed by atoms with E-state index in [0.717, 1.165) is 21.5 Å². The van der Waals surface area contributed by atoms with E-state index in [1.165, 1.54) is 0 Å². The van der Waals surface area contributed by atoms with Gasteiger partial charge in [0.1, 0.15) is 11.8 Å². The molecule has 0 unspecified atom stereocenters. The molecule has 122 valence electrons. The van der Waals surface area contributed by atoms with Gasteiger partial charge in [0.25, 0.3) is 0 Å². The number of amides is 2. The Morgan fingerprint density at radius 1 is 0.750 bits per heavy atom. The predicted octanol–water partition coefficient (Wildman–Crippen LogP) is 4.35. The highest BCUT2D eigenvalue weighted by atomic mass is 35.5. The molecule has 0 aliphatic heterocycles. The quantitative estimate of drug-likeness (QED) is 0.536. The molecule has 3 aromatic rings. The Balaban J connectivity index is 2.19. The third-order valence-corrected chi connectivity index (χ3v) is 4.16. The smallest absolute Gasteiger partial charge is 0.239 e. The monoisotopic (exact) mass is 360 g/mol. The molecule has 2 amide bonds. The van der Waals surface area contributed by atoms with Crippen molar-refractivity contribution >= 4 is 67.9 Å². The molecule has 2 N–H and O–H groups in total. The molecule has 0 aliphatic carbocycles. The molecule has 0 radical (unpaired) electrons. The third kappa shape index (κ3) is 3.30. The zero-order chi connectivity index (χ0) is 17.1. The number of carbonyl (C=O) groups is 2. The largest absolute Gasteiger partial charge is 0.324 e. The van der Waals surface area contributed by atoms with Crippen LogP contribution in [0.25, 0.3) is 21.5 Å². The number of alkyl halides is 2. The molecule has 4 nitrogen and oxygen atoms in total. The molecule has 0 aliphatic rings. The number of anilines is 2. The number of carbonyl (C=O) groups excluding carboxylic acids is 2. The first-order valence-electron chi connectivity index (χ1n) is 7.29. The van der Waals surface area contributed by atoms with Gasteiger partial charge in [-0.1, -0.05) is 24.3 Å². The van der Waals surface area contributed by atoms with Gasteiger partial charge in [0, 0.05) is 22.1 Å². The molecule has 0 saturated heterocycles. The highest BCUT2D eigenvalue weighted by Crippen LogP contribution is 2.32. The fourth-order valence-electron chi connectivity index (χ4n) is 2.64. The fraction of sp³-hybridized carbons (Fsp3) is 0.111. The zero-order valence-electron chi connectivity index (χ0n) is 12.6. The SMILES string of the molecule is O=C(CCl)Nc1cccc2cc3cccc(NC(=O)CCl)c3cc12. The van der Waals surface area contributed by atoms with E-state index in [4.69, 9.17) is 23.2 Å². The summed E-state index contributed by atoms with van der Waals surface area (Å²) in [7, 11) is 0. The van der Waals surface area contributed by atoms with Gasteiger partial charge in [-0.05, 0) is 35.0 Å². The van der Waals surface area contributed by atoms with Crippen molar-refractivity contribution in [1.82, 2.24) is 0 Å². The number of hydrogen-bond donors (Lipinski definition) is 2. The Morgan fingerprint density at radius 2 is 1.21 bits per heavy atom. The summed E-state index contributed by atoms with van der Waals surface area (Å²) in [5, 5.41) is 9.29. The first-order chi connectivity index (χ1) is 11.6. The van der Waals surface area contributed by atoms with Crippen LogP contribution >= 0.6 is 23.2 Å². The van der Waals surface area contributed by atoms with E-state index in [1.807, 2.05) is 48.5 Å². The van der Waals surface area contributed by atoms with Gasteiger partial charge in [-0.2, -0.15) is 0 Å². The van der Waals surface area contributed by atoms with Crippen LogP contribution in [0.4, 0.5) is 11.4 Å². The van der Waals surface area contributed by atoms with Gasteiger partial charge >= 0.3 is 0 Å². The number of halogens is 2. The van der Waals surface area contributed by atoms with E-state index in [9.17, 15) is 9.59 Å². The Morgan fingerprint density at radius 3 is 1.62 bits per heavy atom. The first kappa shape index (κ1) is 16.6. The van der Waals surface area contributed by atoms with Gasteiger partial charge in [-0.3, -0.25) is 9.59 Å². The lowest BCUT2D eigenvalue weighted by Gasteiger charge is -2.12. The highest BCUT2D eigenvalue weighted by Gasteiger charge is 2.09. The van der Waals surface area contributed by atoms with Gasteiger partial charge in [0.05, 0.1) is 0 Å². The summed E-state index contributed by atoms with van der Waals surface area (Å²) in [4.78, 5) is 23.3. The standard InChI is InChI=1S/C18H14Cl2N2O2/c19-9-17(23)21-15-5-1-3-11-7-12-4-2-6-16(22-18(24)10-20)14(12)8-13(11)15/h1-8H,9-10H2,(H,21,23)(H,22,24). The number of fused-ring (bicyclic) bond motifs is 2. The summed E-state index contributed by atoms with van der Waals surface area (Å²) in [5.74, 6) is -0.761. The molecule has 6 heteroatoms. The van der Waals surface area contributed by atoms with E-state index in [0.29, 0.717) is 11.4 Å². The lowest BCUT2D eigenvalue weighted by molar-refractivity contribution is -0.114. The van der Waals surface area contributed by atoms with Crippen LogP contribution in [-0.4, -0.2) is 23.6 Å². The molecule has 0 saturated carbocycles. The van der Waals surface area contributed by atoms with Crippen molar-refractivity contribution in [3.63, 3.8) is 0 Å². The summed E-state index contributed by atoms with van der Waals surface area (Å²) in [6.45, 7) is 0. The molecule has 24 heavy (non-hydrogen) atoms. The van der Waals surface area contributed by atoms with Gasteiger partial charge in [-0.15, -0.1) is 23.2 Å². The van der Waals surface area contributed by atoms with Crippen molar-refractivity contribution in [2.45, 2.75) is 0 Å². The Hall–Kier alpha value is -2.30. The molecule has 0 fully saturated rings. The van der Waals surface area contributed by atoms with Crippen molar-refractivity contribution in [2.24, 2.45) is 0 Å². The molecular weight excluding hydrogens is 347 g/mol. The number of nitrogens with one attached hydrogen (secondary N) is 2. The summed E-state index contributed by atoms with van der Waals surface area (Å²) in [6.07, 6.45) is 0. The van der Waals surface area contributed by atoms with Gasteiger partial charge in [0.15, 0.2) is 0 Å². The van der Waals surface area contributed by atoms with Gasteiger partial charge in [0.2, 0.25) is 11.8 Å². The van der Waals surface area contributed by atoms with E-state index in [2.05, 4.69) is 10.6 Å². The Kier molecular flexibility index (Phi) is 4.88. The van der Waals surface area contributed by atoms with E-state index in [-0.39, 0.29) is 23.6 Å². The minimum Gasteiger partial charge on any atom is -0.324 e.